The number of nitrogens with two attached hydrogens (primary N) is 1. The average Bonchev–Trinajstić information content (AvgIpc) is 2.77. The Balaban J connectivity index is 2.64. The van der Waals surface area contributed by atoms with Gasteiger partial charge in [0.2, 0.25) is 0 Å². The van der Waals surface area contributed by atoms with Gasteiger partial charge in [0, 0.05) is 6.54 Å². The number of carboxylic acids is 1. The van der Waals surface area contributed by atoms with E-state index in [1.807, 2.05) is 6.92 Å². The maximum atomic E-state index is 11.7. The highest BCUT2D eigenvalue weighted by Crippen LogP contribution is 2.00. The Morgan fingerprint density at radius 1 is 1.61 bits per heavy atom. The van der Waals surface area contributed by atoms with Crippen molar-refractivity contribution in [3.63, 3.8) is 0 Å². The number of aliphatic carboxylic acids is 1. The van der Waals surface area contributed by atoms with E-state index in [1.165, 1.54) is 10.9 Å². The van der Waals surface area contributed by atoms with Crippen molar-refractivity contribution in [3.05, 3.63) is 11.9 Å². The number of carbonyl (C=O) groups is 2. The Morgan fingerprint density at radius 3 is 2.89 bits per heavy atom. The van der Waals surface area contributed by atoms with Gasteiger partial charge in [-0.2, -0.15) is 0 Å². The molecule has 0 aliphatic heterocycles. The first-order valence-corrected chi connectivity index (χ1v) is 5.72. The van der Waals surface area contributed by atoms with Gasteiger partial charge in [-0.15, -0.1) is 5.10 Å². The van der Waals surface area contributed by atoms with Crippen LogP contribution in [-0.4, -0.2) is 44.6 Å². The van der Waals surface area contributed by atoms with Crippen LogP contribution in [0.5, 0.6) is 0 Å². The number of carboxylic acid groups (broad SMARTS) is 1. The van der Waals surface area contributed by atoms with Crippen molar-refractivity contribution in [1.29, 1.82) is 0 Å². The normalized spacial score (nSPS) is 12.1. The first-order chi connectivity index (χ1) is 8.58. The molecule has 18 heavy (non-hydrogen) atoms. The van der Waals surface area contributed by atoms with Gasteiger partial charge in [0.05, 0.1) is 12.7 Å². The molecule has 0 spiro atoms. The highest BCUT2D eigenvalue weighted by Gasteiger charge is 2.21. The summed E-state index contributed by atoms with van der Waals surface area (Å²) in [5, 5.41) is 18.7. The van der Waals surface area contributed by atoms with Gasteiger partial charge in [0.25, 0.3) is 5.91 Å². The molecule has 0 bridgehead atoms. The minimum Gasteiger partial charge on any atom is -0.480 e. The molecule has 0 unspecified atom stereocenters. The van der Waals surface area contributed by atoms with Crippen LogP contribution in [0, 0.1) is 0 Å². The summed E-state index contributed by atoms with van der Waals surface area (Å²) in [6.07, 6.45) is 2.47. The molecule has 1 rings (SSSR count). The van der Waals surface area contributed by atoms with Gasteiger partial charge < -0.3 is 16.2 Å². The van der Waals surface area contributed by atoms with E-state index >= 15 is 0 Å². The molecular weight excluding hydrogens is 238 g/mol. The fourth-order valence-electron chi connectivity index (χ4n) is 1.42. The monoisotopic (exact) mass is 255 g/mol. The summed E-state index contributed by atoms with van der Waals surface area (Å²) < 4.78 is 1.44. The SMILES string of the molecule is CCC[C@@H](NC(=O)c1cn(CCN)nn1)C(=O)O. The van der Waals surface area contributed by atoms with E-state index < -0.39 is 17.9 Å². The third kappa shape index (κ3) is 3.81. The van der Waals surface area contributed by atoms with Crippen molar-refractivity contribution in [2.75, 3.05) is 6.54 Å². The van der Waals surface area contributed by atoms with Crippen LogP contribution in [0.25, 0.3) is 0 Å². The summed E-state index contributed by atoms with van der Waals surface area (Å²) in [7, 11) is 0. The van der Waals surface area contributed by atoms with Crippen LogP contribution in [0.3, 0.4) is 0 Å². The number of nitrogens with one attached hydrogen (secondary N) is 1. The molecule has 100 valence electrons. The Morgan fingerprint density at radius 2 is 2.33 bits per heavy atom. The predicted octanol–water partition coefficient (Wildman–Crippen LogP) is -0.780. The molecule has 1 heterocycles. The van der Waals surface area contributed by atoms with Crippen LogP contribution in [0.1, 0.15) is 30.3 Å². The summed E-state index contributed by atoms with van der Waals surface area (Å²) >= 11 is 0. The van der Waals surface area contributed by atoms with Crippen LogP contribution in [0.2, 0.25) is 0 Å². The molecule has 1 aromatic rings. The molecule has 8 nitrogen and oxygen atoms in total. The molecule has 1 amide bonds. The number of rotatable bonds is 7. The van der Waals surface area contributed by atoms with Crippen molar-refractivity contribution in [1.82, 2.24) is 20.3 Å². The maximum Gasteiger partial charge on any atom is 0.326 e. The largest absolute Gasteiger partial charge is 0.480 e. The lowest BCUT2D eigenvalue weighted by Gasteiger charge is -2.11. The Hall–Kier alpha value is -1.96. The van der Waals surface area contributed by atoms with Crippen LogP contribution < -0.4 is 11.1 Å². The lowest BCUT2D eigenvalue weighted by Crippen LogP contribution is -2.40. The van der Waals surface area contributed by atoms with Gasteiger partial charge in [-0.25, -0.2) is 4.79 Å². The zero-order valence-corrected chi connectivity index (χ0v) is 10.2. The highest BCUT2D eigenvalue weighted by molar-refractivity contribution is 5.94. The number of hydrogen-bond donors (Lipinski definition) is 3. The van der Waals surface area contributed by atoms with E-state index in [9.17, 15) is 9.59 Å². The Bertz CT molecular complexity index is 417. The van der Waals surface area contributed by atoms with Crippen molar-refractivity contribution < 1.29 is 14.7 Å². The van der Waals surface area contributed by atoms with E-state index in [2.05, 4.69) is 15.6 Å². The second-order valence-electron chi connectivity index (χ2n) is 3.81. The zero-order chi connectivity index (χ0) is 13.5. The first kappa shape index (κ1) is 14.1. The molecule has 0 saturated heterocycles. The molecular formula is C10H17N5O3. The standard InChI is InChI=1S/C10H17N5O3/c1-2-3-7(10(17)18)12-9(16)8-6-15(5-4-11)14-13-8/h6-7H,2-5,11H2,1H3,(H,12,16)(H,17,18)/t7-/m1/s1. The van der Waals surface area contributed by atoms with E-state index in [4.69, 9.17) is 10.8 Å². The summed E-state index contributed by atoms with van der Waals surface area (Å²) in [6.45, 7) is 2.69. The Kier molecular flexibility index (Phi) is 5.25. The molecule has 0 saturated carbocycles. The molecule has 1 aromatic heterocycles. The number of carbonyl (C=O) groups excluding carboxylic acids is 1. The first-order valence-electron chi connectivity index (χ1n) is 5.72. The minimum atomic E-state index is -1.06. The molecule has 0 fully saturated rings. The zero-order valence-electron chi connectivity index (χ0n) is 10.2. The van der Waals surface area contributed by atoms with Gasteiger partial charge in [-0.3, -0.25) is 9.48 Å². The van der Waals surface area contributed by atoms with Gasteiger partial charge in [-0.1, -0.05) is 18.6 Å². The second kappa shape index (κ2) is 6.70. The maximum absolute atomic E-state index is 11.7. The van der Waals surface area contributed by atoms with E-state index in [1.54, 1.807) is 0 Å². The van der Waals surface area contributed by atoms with Crippen LogP contribution in [-0.2, 0) is 11.3 Å². The summed E-state index contributed by atoms with van der Waals surface area (Å²) in [6, 6.07) is -0.901. The number of aromatic nitrogens is 3. The van der Waals surface area contributed by atoms with Crippen molar-refractivity contribution in [2.45, 2.75) is 32.4 Å². The molecule has 0 aliphatic carbocycles. The molecule has 8 heteroatoms. The van der Waals surface area contributed by atoms with Crippen LogP contribution in [0.4, 0.5) is 0 Å². The minimum absolute atomic E-state index is 0.0887. The lowest BCUT2D eigenvalue weighted by atomic mass is 10.1. The fraction of sp³-hybridized carbons (Fsp3) is 0.600. The topological polar surface area (TPSA) is 123 Å². The van der Waals surface area contributed by atoms with Crippen LogP contribution in [0.15, 0.2) is 6.20 Å². The number of amides is 1. The fourth-order valence-corrected chi connectivity index (χ4v) is 1.42. The molecule has 0 aliphatic rings. The van der Waals surface area contributed by atoms with Gasteiger partial charge >= 0.3 is 5.97 Å². The van der Waals surface area contributed by atoms with E-state index in [-0.39, 0.29) is 5.69 Å². The lowest BCUT2D eigenvalue weighted by molar-refractivity contribution is -0.139. The van der Waals surface area contributed by atoms with Gasteiger partial charge in [-0.05, 0) is 6.42 Å². The predicted molar refractivity (Wildman–Crippen MR) is 62.9 cm³/mol. The van der Waals surface area contributed by atoms with Crippen LogP contribution >= 0.6 is 0 Å². The quantitative estimate of drug-likeness (QED) is 0.587. The third-order valence-corrected chi connectivity index (χ3v) is 2.31. The Labute approximate surface area is 104 Å². The van der Waals surface area contributed by atoms with E-state index in [0.717, 1.165) is 0 Å². The molecule has 0 radical (unpaired) electrons. The van der Waals surface area contributed by atoms with Crippen molar-refractivity contribution in [2.24, 2.45) is 5.73 Å². The summed E-state index contributed by atoms with van der Waals surface area (Å²) in [5.41, 5.74) is 5.43. The van der Waals surface area contributed by atoms with Crippen molar-refractivity contribution in [3.8, 4) is 0 Å². The number of nitrogens with zero attached hydrogens (tertiary/aromatic N) is 3. The molecule has 4 N–H and O–H groups in total. The van der Waals surface area contributed by atoms with Crippen molar-refractivity contribution >= 4 is 11.9 Å². The van der Waals surface area contributed by atoms with Gasteiger partial charge in [0.1, 0.15) is 6.04 Å². The molecule has 1 atom stereocenters. The summed E-state index contributed by atoms with van der Waals surface area (Å²) in [4.78, 5) is 22.6. The smallest absolute Gasteiger partial charge is 0.326 e. The summed E-state index contributed by atoms with van der Waals surface area (Å²) in [5.74, 6) is -1.60. The molecule has 0 aromatic carbocycles. The third-order valence-electron chi connectivity index (χ3n) is 2.31. The average molecular weight is 255 g/mol. The highest BCUT2D eigenvalue weighted by atomic mass is 16.4. The number of hydrogen-bond acceptors (Lipinski definition) is 5. The van der Waals surface area contributed by atoms with E-state index in [0.29, 0.717) is 25.9 Å². The second-order valence-corrected chi connectivity index (χ2v) is 3.81. The van der Waals surface area contributed by atoms with Gasteiger partial charge in [0.15, 0.2) is 5.69 Å².